The Labute approximate surface area is 157 Å². The van der Waals surface area contributed by atoms with Crippen LogP contribution < -0.4 is 21.1 Å². The smallest absolute Gasteiger partial charge is 0.336 e. The predicted octanol–water partition coefficient (Wildman–Crippen LogP) is -0.681. The second kappa shape index (κ2) is 8.31. The van der Waals surface area contributed by atoms with Gasteiger partial charge in [0.25, 0.3) is 11.8 Å². The number of nitrogens with one attached hydrogen (secondary N) is 2. The first-order chi connectivity index (χ1) is 13.5. The SMILES string of the molecule is Cc1cc(=O)oc2cc(OCC(=O)N[C@@H](CO)C(=O)Nn3cnnc3)ccc12. The molecule has 28 heavy (non-hydrogen) atoms. The molecule has 0 radical (unpaired) electrons. The van der Waals surface area contributed by atoms with Crippen molar-refractivity contribution in [2.75, 3.05) is 18.6 Å². The third kappa shape index (κ3) is 4.51. The van der Waals surface area contributed by atoms with Crippen LogP contribution in [0.5, 0.6) is 5.75 Å². The second-order valence-corrected chi connectivity index (χ2v) is 5.84. The number of aliphatic hydroxyl groups excluding tert-OH is 1. The van der Waals surface area contributed by atoms with Crippen LogP contribution in [0.15, 0.2) is 46.1 Å². The average molecular weight is 387 g/mol. The number of benzene rings is 1. The van der Waals surface area contributed by atoms with Gasteiger partial charge in [-0.05, 0) is 24.6 Å². The largest absolute Gasteiger partial charge is 0.484 e. The lowest BCUT2D eigenvalue weighted by Crippen LogP contribution is -2.49. The molecule has 2 aromatic heterocycles. The first kappa shape index (κ1) is 19.0. The monoisotopic (exact) mass is 387 g/mol. The number of amides is 2. The van der Waals surface area contributed by atoms with Crippen LogP contribution in [0, 0.1) is 6.92 Å². The van der Waals surface area contributed by atoms with Crippen molar-refractivity contribution in [1.82, 2.24) is 20.2 Å². The maximum atomic E-state index is 12.0. The fourth-order valence-corrected chi connectivity index (χ4v) is 2.44. The molecule has 0 bridgehead atoms. The molecule has 0 aliphatic carbocycles. The van der Waals surface area contributed by atoms with Gasteiger partial charge in [0.1, 0.15) is 30.0 Å². The molecule has 0 unspecified atom stereocenters. The summed E-state index contributed by atoms with van der Waals surface area (Å²) in [6, 6.07) is 5.04. The average Bonchev–Trinajstić information content (AvgIpc) is 3.16. The quantitative estimate of drug-likeness (QED) is 0.452. The van der Waals surface area contributed by atoms with Crippen LogP contribution in [-0.4, -0.2) is 51.0 Å². The fourth-order valence-electron chi connectivity index (χ4n) is 2.44. The zero-order valence-corrected chi connectivity index (χ0v) is 14.8. The van der Waals surface area contributed by atoms with Gasteiger partial charge in [-0.2, -0.15) is 0 Å². The molecule has 3 rings (SSSR count). The lowest BCUT2D eigenvalue weighted by Gasteiger charge is -2.16. The summed E-state index contributed by atoms with van der Waals surface area (Å²) >= 11 is 0. The molecule has 0 fully saturated rings. The maximum Gasteiger partial charge on any atom is 0.336 e. The Morgan fingerprint density at radius 3 is 2.75 bits per heavy atom. The van der Waals surface area contributed by atoms with Crippen molar-refractivity contribution >= 4 is 22.8 Å². The minimum atomic E-state index is -1.18. The van der Waals surface area contributed by atoms with E-state index < -0.39 is 36.7 Å². The van der Waals surface area contributed by atoms with Crippen molar-refractivity contribution < 1.29 is 23.8 Å². The zero-order chi connectivity index (χ0) is 20.1. The number of aryl methyl sites for hydroxylation is 1. The Balaban J connectivity index is 1.59. The van der Waals surface area contributed by atoms with Crippen LogP contribution in [-0.2, 0) is 9.59 Å². The van der Waals surface area contributed by atoms with E-state index in [-0.39, 0.29) is 0 Å². The van der Waals surface area contributed by atoms with Gasteiger partial charge in [0.15, 0.2) is 6.61 Å². The van der Waals surface area contributed by atoms with Gasteiger partial charge in [-0.3, -0.25) is 15.0 Å². The van der Waals surface area contributed by atoms with Crippen molar-refractivity contribution in [3.05, 3.63) is 52.9 Å². The first-order valence-corrected chi connectivity index (χ1v) is 8.19. The summed E-state index contributed by atoms with van der Waals surface area (Å²) in [7, 11) is 0. The molecule has 0 aliphatic heterocycles. The van der Waals surface area contributed by atoms with Crippen LogP contribution >= 0.6 is 0 Å². The van der Waals surface area contributed by atoms with E-state index in [1.54, 1.807) is 19.1 Å². The van der Waals surface area contributed by atoms with Crippen LogP contribution in [0.4, 0.5) is 0 Å². The summed E-state index contributed by atoms with van der Waals surface area (Å²) in [6.45, 7) is 0.769. The third-order valence-corrected chi connectivity index (χ3v) is 3.79. The summed E-state index contributed by atoms with van der Waals surface area (Å²) < 4.78 is 11.7. The van der Waals surface area contributed by atoms with Crippen molar-refractivity contribution in [3.8, 4) is 5.75 Å². The molecule has 2 heterocycles. The van der Waals surface area contributed by atoms with E-state index >= 15 is 0 Å². The highest BCUT2D eigenvalue weighted by atomic mass is 16.5. The Hall–Kier alpha value is -3.73. The predicted molar refractivity (Wildman–Crippen MR) is 96.1 cm³/mol. The first-order valence-electron chi connectivity index (χ1n) is 8.19. The molecule has 3 aromatic rings. The number of hydrogen-bond acceptors (Lipinski definition) is 8. The second-order valence-electron chi connectivity index (χ2n) is 5.84. The van der Waals surface area contributed by atoms with Gasteiger partial charge in [0.2, 0.25) is 0 Å². The molecule has 0 aliphatic rings. The minimum absolute atomic E-state index is 0.311. The van der Waals surface area contributed by atoms with Gasteiger partial charge in [-0.25, -0.2) is 9.47 Å². The summed E-state index contributed by atoms with van der Waals surface area (Å²) in [4.78, 5) is 35.5. The lowest BCUT2D eigenvalue weighted by molar-refractivity contribution is -0.129. The van der Waals surface area contributed by atoms with Crippen molar-refractivity contribution in [3.63, 3.8) is 0 Å². The van der Waals surface area contributed by atoms with Crippen LogP contribution in [0.3, 0.4) is 0 Å². The normalized spacial score (nSPS) is 11.8. The standard InChI is InChI=1S/C17H17N5O6/c1-10-4-16(25)28-14-5-11(2-3-12(10)14)27-7-15(24)20-13(6-23)17(26)21-22-8-18-19-9-22/h2-5,8-9,13,23H,6-7H2,1H3,(H,20,24)(H,21,26)/t13-/m0/s1. The zero-order valence-electron chi connectivity index (χ0n) is 14.8. The van der Waals surface area contributed by atoms with E-state index in [9.17, 15) is 19.5 Å². The highest BCUT2D eigenvalue weighted by Crippen LogP contribution is 2.22. The molecular weight excluding hydrogens is 370 g/mol. The Morgan fingerprint density at radius 1 is 1.29 bits per heavy atom. The molecule has 0 saturated heterocycles. The lowest BCUT2D eigenvalue weighted by atomic mass is 10.1. The number of aromatic nitrogens is 3. The van der Waals surface area contributed by atoms with Crippen LogP contribution in [0.25, 0.3) is 11.0 Å². The minimum Gasteiger partial charge on any atom is -0.484 e. The Bertz CT molecular complexity index is 1050. The summed E-state index contributed by atoms with van der Waals surface area (Å²) in [6.07, 6.45) is 2.49. The number of aliphatic hydroxyl groups is 1. The molecule has 11 nitrogen and oxygen atoms in total. The maximum absolute atomic E-state index is 12.0. The number of nitrogens with zero attached hydrogens (tertiary/aromatic N) is 3. The van der Waals surface area contributed by atoms with Crippen molar-refractivity contribution in [1.29, 1.82) is 0 Å². The molecule has 1 atom stereocenters. The van der Waals surface area contributed by atoms with Crippen molar-refractivity contribution in [2.45, 2.75) is 13.0 Å². The number of fused-ring (bicyclic) bond motifs is 1. The van der Waals surface area contributed by atoms with Gasteiger partial charge in [-0.15, -0.1) is 10.2 Å². The van der Waals surface area contributed by atoms with E-state index in [0.717, 1.165) is 10.9 Å². The van der Waals surface area contributed by atoms with Gasteiger partial charge >= 0.3 is 5.63 Å². The fraction of sp³-hybridized carbons (Fsp3) is 0.235. The topological polar surface area (TPSA) is 149 Å². The Morgan fingerprint density at radius 2 is 2.04 bits per heavy atom. The summed E-state index contributed by atoms with van der Waals surface area (Å²) in [5, 5.41) is 19.5. The van der Waals surface area contributed by atoms with Gasteiger partial charge < -0.3 is 19.6 Å². The number of carbonyl (C=O) groups is 2. The van der Waals surface area contributed by atoms with E-state index in [4.69, 9.17) is 9.15 Å². The van der Waals surface area contributed by atoms with Crippen molar-refractivity contribution in [2.24, 2.45) is 0 Å². The molecule has 1 aromatic carbocycles. The van der Waals surface area contributed by atoms with Gasteiger partial charge in [0.05, 0.1) is 6.61 Å². The van der Waals surface area contributed by atoms with Gasteiger partial charge in [-0.1, -0.05) is 0 Å². The number of rotatable bonds is 7. The molecule has 2 amide bonds. The number of carbonyl (C=O) groups excluding carboxylic acids is 2. The van der Waals surface area contributed by atoms with E-state index in [1.807, 2.05) is 0 Å². The number of hydrogen-bond donors (Lipinski definition) is 3. The summed E-state index contributed by atoms with van der Waals surface area (Å²) in [5.41, 5.74) is 3.00. The number of ether oxygens (including phenoxy) is 1. The molecule has 11 heteroatoms. The molecule has 146 valence electrons. The summed E-state index contributed by atoms with van der Waals surface area (Å²) in [5.74, 6) is -0.965. The Kier molecular flexibility index (Phi) is 5.65. The molecule has 3 N–H and O–H groups in total. The van der Waals surface area contributed by atoms with Crippen LogP contribution in [0.1, 0.15) is 5.56 Å². The molecule has 0 saturated carbocycles. The van der Waals surface area contributed by atoms with E-state index in [0.29, 0.717) is 11.3 Å². The van der Waals surface area contributed by atoms with E-state index in [1.165, 1.54) is 29.5 Å². The van der Waals surface area contributed by atoms with Gasteiger partial charge in [0, 0.05) is 17.5 Å². The third-order valence-electron chi connectivity index (χ3n) is 3.79. The van der Waals surface area contributed by atoms with Crippen LogP contribution in [0.2, 0.25) is 0 Å². The molecular formula is C17H17N5O6. The molecule has 0 spiro atoms. The highest BCUT2D eigenvalue weighted by Gasteiger charge is 2.20. The van der Waals surface area contributed by atoms with E-state index in [2.05, 4.69) is 20.9 Å². The highest BCUT2D eigenvalue weighted by molar-refractivity contribution is 5.92.